The van der Waals surface area contributed by atoms with E-state index < -0.39 is 11.8 Å². The van der Waals surface area contributed by atoms with Gasteiger partial charge in [-0.3, -0.25) is 9.59 Å². The van der Waals surface area contributed by atoms with E-state index in [1.165, 1.54) is 6.20 Å². The number of para-hydroxylation sites is 1. The van der Waals surface area contributed by atoms with E-state index in [1.807, 2.05) is 30.5 Å². The summed E-state index contributed by atoms with van der Waals surface area (Å²) in [6.45, 7) is 0. The second-order valence-corrected chi connectivity index (χ2v) is 5.95. The molecular formula is C20H18N4O2. The molecule has 6 nitrogen and oxygen atoms in total. The summed E-state index contributed by atoms with van der Waals surface area (Å²) in [4.78, 5) is 31.6. The van der Waals surface area contributed by atoms with Gasteiger partial charge in [0, 0.05) is 29.7 Å². The van der Waals surface area contributed by atoms with Gasteiger partial charge in [0.15, 0.2) is 11.7 Å². The van der Waals surface area contributed by atoms with E-state index in [9.17, 15) is 14.9 Å². The van der Waals surface area contributed by atoms with Crippen LogP contribution in [0.2, 0.25) is 0 Å². The lowest BCUT2D eigenvalue weighted by Crippen LogP contribution is -2.28. The molecule has 2 heterocycles. The third-order valence-corrected chi connectivity index (χ3v) is 4.17. The van der Waals surface area contributed by atoms with E-state index in [4.69, 9.17) is 0 Å². The van der Waals surface area contributed by atoms with Crippen LogP contribution >= 0.6 is 0 Å². The molecule has 0 saturated heterocycles. The zero-order chi connectivity index (χ0) is 18.4. The van der Waals surface area contributed by atoms with Crippen LogP contribution in [0.5, 0.6) is 0 Å². The summed E-state index contributed by atoms with van der Waals surface area (Å²) < 4.78 is 0. The monoisotopic (exact) mass is 346 g/mol. The molecule has 0 radical (unpaired) electrons. The van der Waals surface area contributed by atoms with E-state index in [1.54, 1.807) is 24.3 Å². The van der Waals surface area contributed by atoms with Crippen molar-refractivity contribution in [2.24, 2.45) is 5.92 Å². The van der Waals surface area contributed by atoms with Crippen molar-refractivity contribution in [2.75, 3.05) is 5.32 Å². The number of amides is 1. The normalized spacial score (nSPS) is 11.7. The number of fused-ring (bicyclic) bond motifs is 1. The zero-order valence-corrected chi connectivity index (χ0v) is 14.1. The predicted octanol–water partition coefficient (Wildman–Crippen LogP) is 3.23. The van der Waals surface area contributed by atoms with Crippen LogP contribution in [0.25, 0.3) is 10.9 Å². The predicted molar refractivity (Wildman–Crippen MR) is 98.2 cm³/mol. The molecule has 0 bridgehead atoms. The van der Waals surface area contributed by atoms with Crippen molar-refractivity contribution < 1.29 is 9.59 Å². The number of hydrogen-bond acceptors (Lipinski definition) is 4. The largest absolute Gasteiger partial charge is 0.361 e. The third kappa shape index (κ3) is 3.95. The van der Waals surface area contributed by atoms with Crippen molar-refractivity contribution in [3.05, 3.63) is 60.4 Å². The number of pyridine rings is 1. The molecule has 2 aromatic heterocycles. The molecule has 0 aliphatic heterocycles. The van der Waals surface area contributed by atoms with Crippen LogP contribution in [0.15, 0.2) is 54.9 Å². The van der Waals surface area contributed by atoms with Crippen LogP contribution in [0.4, 0.5) is 5.82 Å². The summed E-state index contributed by atoms with van der Waals surface area (Å²) in [5.74, 6) is -2.01. The number of Topliss-reactive ketones (excluding diaryl/α,β-unsaturated/α-hetero) is 1. The van der Waals surface area contributed by atoms with Gasteiger partial charge >= 0.3 is 0 Å². The summed E-state index contributed by atoms with van der Waals surface area (Å²) >= 11 is 0. The molecule has 0 spiro atoms. The minimum Gasteiger partial charge on any atom is -0.361 e. The Morgan fingerprint density at radius 1 is 1.19 bits per heavy atom. The Bertz CT molecular complexity index is 957. The average Bonchev–Trinajstić information content (AvgIpc) is 3.06. The number of nitriles is 1. The number of anilines is 1. The fourth-order valence-electron chi connectivity index (χ4n) is 2.85. The van der Waals surface area contributed by atoms with Crippen LogP contribution in [-0.2, 0) is 16.0 Å². The first-order chi connectivity index (χ1) is 12.7. The number of aromatic amines is 1. The van der Waals surface area contributed by atoms with Crippen molar-refractivity contribution in [2.45, 2.75) is 19.3 Å². The zero-order valence-electron chi connectivity index (χ0n) is 14.1. The molecule has 0 saturated carbocycles. The summed E-state index contributed by atoms with van der Waals surface area (Å²) in [7, 11) is 0. The SMILES string of the molecule is N#C[C@@H](C(=O)CCCc1c[nH]c2ccccc12)C(=O)Nc1ccccn1. The van der Waals surface area contributed by atoms with Crippen molar-refractivity contribution in [1.29, 1.82) is 5.26 Å². The first kappa shape index (κ1) is 17.4. The van der Waals surface area contributed by atoms with E-state index in [-0.39, 0.29) is 12.2 Å². The number of aryl methyl sites for hydroxylation is 1. The van der Waals surface area contributed by atoms with Gasteiger partial charge in [0.1, 0.15) is 5.82 Å². The smallest absolute Gasteiger partial charge is 0.250 e. The van der Waals surface area contributed by atoms with Gasteiger partial charge in [-0.05, 0) is 36.6 Å². The third-order valence-electron chi connectivity index (χ3n) is 4.17. The summed E-state index contributed by atoms with van der Waals surface area (Å²) in [6, 6.07) is 14.8. The quantitative estimate of drug-likeness (QED) is 0.642. The van der Waals surface area contributed by atoms with Gasteiger partial charge in [-0.25, -0.2) is 4.98 Å². The molecule has 130 valence electrons. The average molecular weight is 346 g/mol. The van der Waals surface area contributed by atoms with E-state index in [0.29, 0.717) is 18.7 Å². The summed E-state index contributed by atoms with van der Waals surface area (Å²) in [5, 5.41) is 12.8. The molecule has 1 atom stereocenters. The Labute approximate surface area is 150 Å². The van der Waals surface area contributed by atoms with Gasteiger partial charge in [-0.15, -0.1) is 0 Å². The number of nitrogens with zero attached hydrogens (tertiary/aromatic N) is 2. The van der Waals surface area contributed by atoms with Gasteiger partial charge in [-0.2, -0.15) is 5.26 Å². The topological polar surface area (TPSA) is 98.6 Å². The molecular weight excluding hydrogens is 328 g/mol. The molecule has 1 amide bonds. The van der Waals surface area contributed by atoms with Crippen LogP contribution in [0.3, 0.4) is 0 Å². The van der Waals surface area contributed by atoms with Gasteiger partial charge in [0.2, 0.25) is 0 Å². The Morgan fingerprint density at radius 2 is 2.00 bits per heavy atom. The second kappa shape index (κ2) is 8.08. The van der Waals surface area contributed by atoms with E-state index >= 15 is 0 Å². The lowest BCUT2D eigenvalue weighted by molar-refractivity contribution is -0.128. The molecule has 0 unspecified atom stereocenters. The number of ketones is 1. The number of rotatable bonds is 7. The fourth-order valence-corrected chi connectivity index (χ4v) is 2.85. The molecule has 0 aliphatic rings. The standard InChI is InChI=1S/C20H18N4O2/c21-12-16(20(26)24-19-10-3-4-11-22-19)18(25)9-5-6-14-13-23-17-8-2-1-7-15(14)17/h1-4,7-8,10-11,13,16,23H,5-6,9H2,(H,22,24,26)/t16-/m0/s1. The Hall–Kier alpha value is -3.46. The van der Waals surface area contributed by atoms with Crippen LogP contribution in [0, 0.1) is 17.2 Å². The highest BCUT2D eigenvalue weighted by Crippen LogP contribution is 2.20. The molecule has 6 heteroatoms. The summed E-state index contributed by atoms with van der Waals surface area (Å²) in [5.41, 5.74) is 2.18. The first-order valence-electron chi connectivity index (χ1n) is 8.38. The number of hydrogen-bond donors (Lipinski definition) is 2. The van der Waals surface area contributed by atoms with Crippen LogP contribution < -0.4 is 5.32 Å². The molecule has 0 aliphatic carbocycles. The van der Waals surface area contributed by atoms with Gasteiger partial charge in [0.25, 0.3) is 5.91 Å². The van der Waals surface area contributed by atoms with Gasteiger partial charge < -0.3 is 10.3 Å². The number of aromatic nitrogens is 2. The maximum Gasteiger partial charge on any atom is 0.250 e. The number of carbonyl (C=O) groups excluding carboxylic acids is 2. The number of nitrogens with one attached hydrogen (secondary N) is 2. The van der Waals surface area contributed by atoms with E-state index in [2.05, 4.69) is 15.3 Å². The molecule has 3 aromatic rings. The minimum absolute atomic E-state index is 0.174. The number of benzene rings is 1. The Morgan fingerprint density at radius 3 is 2.77 bits per heavy atom. The molecule has 3 rings (SSSR count). The lowest BCUT2D eigenvalue weighted by Gasteiger charge is -2.09. The van der Waals surface area contributed by atoms with Crippen molar-refractivity contribution >= 4 is 28.4 Å². The van der Waals surface area contributed by atoms with Crippen LogP contribution in [0.1, 0.15) is 18.4 Å². The van der Waals surface area contributed by atoms with Crippen molar-refractivity contribution in [3.8, 4) is 6.07 Å². The Balaban J connectivity index is 1.56. The Kier molecular flexibility index (Phi) is 5.40. The second-order valence-electron chi connectivity index (χ2n) is 5.95. The number of H-pyrrole nitrogens is 1. The first-order valence-corrected chi connectivity index (χ1v) is 8.38. The molecule has 26 heavy (non-hydrogen) atoms. The lowest BCUT2D eigenvalue weighted by atomic mass is 9.98. The highest BCUT2D eigenvalue weighted by Gasteiger charge is 2.26. The van der Waals surface area contributed by atoms with Crippen molar-refractivity contribution in [1.82, 2.24) is 9.97 Å². The summed E-state index contributed by atoms with van der Waals surface area (Å²) in [6.07, 6.45) is 4.92. The van der Waals surface area contributed by atoms with Crippen molar-refractivity contribution in [3.63, 3.8) is 0 Å². The molecule has 0 fully saturated rings. The molecule has 2 N–H and O–H groups in total. The van der Waals surface area contributed by atoms with Gasteiger partial charge in [-0.1, -0.05) is 24.3 Å². The van der Waals surface area contributed by atoms with Crippen LogP contribution in [-0.4, -0.2) is 21.7 Å². The highest BCUT2D eigenvalue weighted by molar-refractivity contribution is 6.09. The minimum atomic E-state index is -1.32. The fraction of sp³-hybridized carbons (Fsp3) is 0.200. The van der Waals surface area contributed by atoms with Gasteiger partial charge in [0.05, 0.1) is 6.07 Å². The highest BCUT2D eigenvalue weighted by atomic mass is 16.2. The molecule has 1 aromatic carbocycles. The maximum atomic E-state index is 12.3. The number of carbonyl (C=O) groups is 2. The van der Waals surface area contributed by atoms with E-state index in [0.717, 1.165) is 16.5 Å². The maximum absolute atomic E-state index is 12.3.